The van der Waals surface area contributed by atoms with Crippen LogP contribution in [0.3, 0.4) is 0 Å². The number of H-pyrrole nitrogens is 4. The van der Waals surface area contributed by atoms with Crippen molar-refractivity contribution in [3.8, 4) is 17.1 Å². The summed E-state index contributed by atoms with van der Waals surface area (Å²) in [5, 5.41) is 15.2. The molecule has 0 aliphatic heterocycles. The molecule has 0 spiro atoms. The Hall–Kier alpha value is -6.56. The normalized spacial score (nSPS) is 12.0. The minimum Gasteiger partial charge on any atom is -0.468 e. The van der Waals surface area contributed by atoms with Crippen molar-refractivity contribution >= 4 is 116 Å². The Bertz CT molecular complexity index is 3440. The Labute approximate surface area is 393 Å². The summed E-state index contributed by atoms with van der Waals surface area (Å²) in [6, 6.07) is 21.2. The van der Waals surface area contributed by atoms with Crippen molar-refractivity contribution in [1.29, 1.82) is 0 Å². The number of hydrogen-bond acceptors (Lipinski definition) is 14. The number of fused-ring (bicyclic) bond motifs is 3. The third kappa shape index (κ3) is 10.7. The summed E-state index contributed by atoms with van der Waals surface area (Å²) >= 11 is 24.8. The minimum absolute atomic E-state index is 0.256. The predicted octanol–water partition coefficient (Wildman–Crippen LogP) is 6.57. The number of nitrogens with one attached hydrogen (secondary N) is 4. The molecule has 3 aromatic carbocycles. The van der Waals surface area contributed by atoms with Gasteiger partial charge in [0, 0.05) is 15.1 Å². The van der Waals surface area contributed by atoms with Crippen LogP contribution in [0, 0.1) is 4.77 Å². The number of nitrogens with two attached hydrogens (primary N) is 1. The summed E-state index contributed by atoms with van der Waals surface area (Å²) in [6.07, 6.45) is 4.39. The highest BCUT2D eigenvalue weighted by atomic mass is 35.5. The van der Waals surface area contributed by atoms with Gasteiger partial charge in [-0.15, -0.1) is 0 Å². The van der Waals surface area contributed by atoms with Gasteiger partial charge in [-0.1, -0.05) is 58.3 Å². The molecule has 2 atom stereocenters. The maximum Gasteiger partial charge on any atom is 0.318 e. The Morgan fingerprint density at radius 2 is 1.00 bits per heavy atom. The number of halogens is 3. The molecular weight excluding hydrogens is 961 g/mol. The van der Waals surface area contributed by atoms with Gasteiger partial charge in [-0.05, 0) is 98.9 Å². The molecule has 0 fully saturated rings. The number of methoxy groups -OCH3 is 1. The number of primary amides is 1. The summed E-state index contributed by atoms with van der Waals surface area (Å²) in [5.74, 6) is -0.877. The van der Waals surface area contributed by atoms with Gasteiger partial charge in [0.2, 0.25) is 5.91 Å². The molecule has 0 bridgehead atoms. The van der Waals surface area contributed by atoms with Gasteiger partial charge in [0.1, 0.15) is 27.1 Å². The number of aromatic nitrogens is 12. The van der Waals surface area contributed by atoms with Crippen molar-refractivity contribution in [1.82, 2.24) is 59.2 Å². The standard InChI is InChI=1S/C15H13ClN4O3S.C14H12ClN5O2S.C11H7ClN4OS/c1-8(14(22)23-2)24-15-18-12-11(13(21)19-15)7-17-20(12)10-5-3-9(16)4-6-10;1-7(11(16)21)23-14-18-12-10(13(22)19-14)6-17-20(12)9-4-2-8(15)3-5-9;12-6-1-3-7(4-2-6)16-9-8(5-13-16)10(17)15-11(18)14-9/h3-8H,1-2H3,(H,18,19,21);2-7H,1H3,(H2,16,21)(H,18,19,22);1-5H,(H2,14,15,17,18). The number of ether oxygens (including phenoxy) is 1. The number of carbonyl (C=O) groups is 2. The molecule has 1 amide bonds. The highest BCUT2D eigenvalue weighted by Crippen LogP contribution is 2.24. The van der Waals surface area contributed by atoms with Crippen molar-refractivity contribution < 1.29 is 14.3 Å². The summed E-state index contributed by atoms with van der Waals surface area (Å²) < 4.78 is 9.65. The number of benzene rings is 3. The zero-order valence-electron chi connectivity index (χ0n) is 33.8. The molecule has 0 saturated heterocycles. The second-order valence-electron chi connectivity index (χ2n) is 13.4. The molecule has 6 aromatic heterocycles. The van der Waals surface area contributed by atoms with E-state index in [0.717, 1.165) is 40.6 Å². The molecule has 0 radical (unpaired) electrons. The zero-order valence-corrected chi connectivity index (χ0v) is 38.5. The summed E-state index contributed by atoms with van der Waals surface area (Å²) in [4.78, 5) is 78.3. The van der Waals surface area contributed by atoms with Gasteiger partial charge in [0.15, 0.2) is 26.4 Å². The number of aromatic amines is 4. The lowest BCUT2D eigenvalue weighted by Gasteiger charge is -2.08. The molecule has 25 heteroatoms. The third-order valence-electron chi connectivity index (χ3n) is 9.03. The molecule has 6 heterocycles. The quantitative estimate of drug-likeness (QED) is 0.0444. The Morgan fingerprint density at radius 1 is 0.615 bits per heavy atom. The van der Waals surface area contributed by atoms with Crippen LogP contribution in [0.5, 0.6) is 0 Å². The highest BCUT2D eigenvalue weighted by molar-refractivity contribution is 8.00. The minimum atomic E-state index is -0.512. The molecule has 65 heavy (non-hydrogen) atoms. The molecule has 332 valence electrons. The number of carbonyl (C=O) groups excluding carboxylic acids is 2. The van der Waals surface area contributed by atoms with Gasteiger partial charge in [0.25, 0.3) is 16.7 Å². The maximum absolute atomic E-state index is 12.2. The fourth-order valence-electron chi connectivity index (χ4n) is 5.78. The average molecular weight is 993 g/mol. The monoisotopic (exact) mass is 991 g/mol. The first-order valence-electron chi connectivity index (χ1n) is 18.7. The number of hydrogen-bond donors (Lipinski definition) is 5. The van der Waals surface area contributed by atoms with Crippen LogP contribution in [0.1, 0.15) is 13.8 Å². The van der Waals surface area contributed by atoms with Crippen LogP contribution >= 0.6 is 70.5 Å². The van der Waals surface area contributed by atoms with Crippen LogP contribution in [0.15, 0.2) is 116 Å². The first kappa shape index (κ1) is 46.4. The van der Waals surface area contributed by atoms with E-state index in [4.69, 9.17) is 52.8 Å². The van der Waals surface area contributed by atoms with Crippen LogP contribution < -0.4 is 22.4 Å². The predicted molar refractivity (Wildman–Crippen MR) is 253 cm³/mol. The Balaban J connectivity index is 0.000000147. The largest absolute Gasteiger partial charge is 0.468 e. The van der Waals surface area contributed by atoms with Gasteiger partial charge >= 0.3 is 5.97 Å². The van der Waals surface area contributed by atoms with Gasteiger partial charge < -0.3 is 25.4 Å². The van der Waals surface area contributed by atoms with Crippen LogP contribution in [0.25, 0.3) is 50.2 Å². The lowest BCUT2D eigenvalue weighted by molar-refractivity contribution is -0.139. The molecule has 19 nitrogen and oxygen atoms in total. The zero-order chi connectivity index (χ0) is 46.5. The van der Waals surface area contributed by atoms with Crippen molar-refractivity contribution in [3.63, 3.8) is 0 Å². The Morgan fingerprint density at radius 3 is 1.43 bits per heavy atom. The molecule has 0 saturated carbocycles. The van der Waals surface area contributed by atoms with Gasteiger partial charge in [-0.3, -0.25) is 29.0 Å². The fourth-order valence-corrected chi connectivity index (χ4v) is 7.91. The SMILES string of the molecule is CC(Sc1nc2c(cnn2-c2ccc(Cl)cc2)c(=O)[nH]1)C(N)=O.COC(=O)C(C)Sc1nc2c(cnn2-c2ccc(Cl)cc2)c(=O)[nH]1.O=c1[nH]c(=S)[nH]c2c1cnn2-c1ccc(Cl)cc1. The van der Waals surface area contributed by atoms with Crippen LogP contribution in [0.4, 0.5) is 0 Å². The highest BCUT2D eigenvalue weighted by Gasteiger charge is 2.19. The summed E-state index contributed by atoms with van der Waals surface area (Å²) in [7, 11) is 1.31. The Kier molecular flexibility index (Phi) is 14.3. The first-order valence-corrected chi connectivity index (χ1v) is 22.0. The molecule has 0 aliphatic carbocycles. The van der Waals surface area contributed by atoms with E-state index < -0.39 is 22.4 Å². The van der Waals surface area contributed by atoms with E-state index in [0.29, 0.717) is 58.5 Å². The molecule has 0 aliphatic rings. The third-order valence-corrected chi connectivity index (χ3v) is 12.0. The molecule has 6 N–H and O–H groups in total. The fraction of sp³-hybridized carbons (Fsp3) is 0.125. The average Bonchev–Trinajstić information content (AvgIpc) is 4.03. The number of thioether (sulfide) groups is 2. The van der Waals surface area contributed by atoms with Crippen molar-refractivity contribution in [2.45, 2.75) is 34.7 Å². The second-order valence-corrected chi connectivity index (χ2v) is 17.8. The van der Waals surface area contributed by atoms with E-state index in [2.05, 4.69) is 49.9 Å². The number of esters is 1. The van der Waals surface area contributed by atoms with Crippen molar-refractivity contribution in [3.05, 3.63) is 142 Å². The van der Waals surface area contributed by atoms with E-state index in [1.165, 1.54) is 25.7 Å². The smallest absolute Gasteiger partial charge is 0.318 e. The van der Waals surface area contributed by atoms with Crippen molar-refractivity contribution in [2.24, 2.45) is 5.73 Å². The molecular formula is C40H32Cl3N13O6S3. The van der Waals surface area contributed by atoms with E-state index in [1.807, 2.05) is 12.1 Å². The van der Waals surface area contributed by atoms with E-state index in [-0.39, 0.29) is 21.4 Å². The van der Waals surface area contributed by atoms with E-state index in [9.17, 15) is 24.0 Å². The van der Waals surface area contributed by atoms with Crippen LogP contribution in [0.2, 0.25) is 15.1 Å². The van der Waals surface area contributed by atoms with E-state index in [1.54, 1.807) is 88.6 Å². The van der Waals surface area contributed by atoms with Gasteiger partial charge in [0.05, 0.1) is 48.0 Å². The van der Waals surface area contributed by atoms with Gasteiger partial charge in [-0.2, -0.15) is 15.3 Å². The van der Waals surface area contributed by atoms with Crippen molar-refractivity contribution in [2.75, 3.05) is 7.11 Å². The topological polar surface area (TPSA) is 263 Å². The number of amides is 1. The van der Waals surface area contributed by atoms with Crippen LogP contribution in [-0.4, -0.2) is 88.7 Å². The lowest BCUT2D eigenvalue weighted by Crippen LogP contribution is -2.23. The molecule has 9 rings (SSSR count). The molecule has 9 aromatic rings. The summed E-state index contributed by atoms with van der Waals surface area (Å²) in [5.41, 5.74) is 7.95. The summed E-state index contributed by atoms with van der Waals surface area (Å²) in [6.45, 7) is 3.32. The second kappa shape index (κ2) is 20.1. The van der Waals surface area contributed by atoms with Crippen LogP contribution in [-0.2, 0) is 14.3 Å². The van der Waals surface area contributed by atoms with Gasteiger partial charge in [-0.25, -0.2) is 24.0 Å². The maximum atomic E-state index is 12.2. The first-order chi connectivity index (χ1) is 31.1. The number of nitrogens with zero attached hydrogens (tertiary/aromatic N) is 8. The lowest BCUT2D eigenvalue weighted by atomic mass is 10.3. The molecule has 2 unspecified atom stereocenters. The van der Waals surface area contributed by atoms with E-state index >= 15 is 0 Å². The number of rotatable bonds is 9.